The third-order valence-electron chi connectivity index (χ3n) is 4.94. The van der Waals surface area contributed by atoms with Gasteiger partial charge in [0.05, 0.1) is 21.3 Å². The van der Waals surface area contributed by atoms with Crippen molar-refractivity contribution in [1.29, 1.82) is 0 Å². The van der Waals surface area contributed by atoms with Crippen LogP contribution < -0.4 is 14.2 Å². The number of aromatic nitrogens is 1. The standard InChI is InChI=1S/C24H25NO6/c1-27-20-15-19(16-21(25-20)28-2)31-22(23(26)29-3)24(30-4,17-11-7-5-8-12-17)18-13-9-6-10-14-18/h5-16,22H,1-4H3. The molecule has 0 radical (unpaired) electrons. The number of hydrogen-bond donors (Lipinski definition) is 0. The van der Waals surface area contributed by atoms with Crippen molar-refractivity contribution in [1.82, 2.24) is 4.98 Å². The van der Waals surface area contributed by atoms with Crippen molar-refractivity contribution in [3.05, 3.63) is 83.9 Å². The third-order valence-corrected chi connectivity index (χ3v) is 4.94. The van der Waals surface area contributed by atoms with Crippen molar-refractivity contribution in [3.8, 4) is 17.5 Å². The Bertz CT molecular complexity index is 932. The van der Waals surface area contributed by atoms with Crippen molar-refractivity contribution in [2.24, 2.45) is 0 Å². The molecule has 162 valence electrons. The number of pyridine rings is 1. The van der Waals surface area contributed by atoms with Gasteiger partial charge in [0.25, 0.3) is 0 Å². The average molecular weight is 423 g/mol. The highest BCUT2D eigenvalue weighted by molar-refractivity contribution is 5.78. The van der Waals surface area contributed by atoms with Gasteiger partial charge in [-0.25, -0.2) is 4.79 Å². The summed E-state index contributed by atoms with van der Waals surface area (Å²) in [7, 11) is 5.81. The molecule has 0 fully saturated rings. The van der Waals surface area contributed by atoms with E-state index < -0.39 is 17.7 Å². The predicted molar refractivity (Wildman–Crippen MR) is 114 cm³/mol. The second kappa shape index (κ2) is 9.95. The van der Waals surface area contributed by atoms with E-state index in [4.69, 9.17) is 23.7 Å². The fourth-order valence-corrected chi connectivity index (χ4v) is 3.46. The van der Waals surface area contributed by atoms with Crippen LogP contribution in [-0.4, -0.2) is 45.5 Å². The minimum Gasteiger partial charge on any atom is -0.481 e. The van der Waals surface area contributed by atoms with Gasteiger partial charge in [0.1, 0.15) is 5.75 Å². The van der Waals surface area contributed by atoms with Crippen LogP contribution in [-0.2, 0) is 19.9 Å². The molecule has 0 aliphatic heterocycles. The first kappa shape index (κ1) is 22.1. The maximum Gasteiger partial charge on any atom is 0.350 e. The highest BCUT2D eigenvalue weighted by atomic mass is 16.6. The number of esters is 1. The van der Waals surface area contributed by atoms with E-state index in [-0.39, 0.29) is 11.8 Å². The van der Waals surface area contributed by atoms with E-state index in [1.165, 1.54) is 28.4 Å². The van der Waals surface area contributed by atoms with E-state index in [2.05, 4.69) is 4.98 Å². The van der Waals surface area contributed by atoms with E-state index in [0.29, 0.717) is 5.75 Å². The molecule has 0 N–H and O–H groups in total. The van der Waals surface area contributed by atoms with Gasteiger partial charge in [-0.05, 0) is 11.1 Å². The molecule has 0 aliphatic rings. The molecule has 3 aromatic rings. The van der Waals surface area contributed by atoms with Gasteiger partial charge in [0, 0.05) is 19.2 Å². The van der Waals surface area contributed by atoms with Crippen LogP contribution in [0.5, 0.6) is 17.5 Å². The van der Waals surface area contributed by atoms with Crippen LogP contribution in [0, 0.1) is 0 Å². The molecule has 31 heavy (non-hydrogen) atoms. The Hall–Kier alpha value is -3.58. The molecule has 0 saturated carbocycles. The van der Waals surface area contributed by atoms with Crippen LogP contribution >= 0.6 is 0 Å². The molecular formula is C24H25NO6. The highest BCUT2D eigenvalue weighted by Gasteiger charge is 2.49. The molecule has 2 aromatic carbocycles. The summed E-state index contributed by atoms with van der Waals surface area (Å²) in [5.41, 5.74) is 0.165. The Morgan fingerprint density at radius 2 is 1.29 bits per heavy atom. The molecule has 0 amide bonds. The summed E-state index contributed by atoms with van der Waals surface area (Å²) in [6, 6.07) is 21.9. The molecule has 1 heterocycles. The SMILES string of the molecule is COC(=O)C(Oc1cc(OC)nc(OC)c1)C(OC)(c1ccccc1)c1ccccc1. The van der Waals surface area contributed by atoms with Gasteiger partial charge in [-0.1, -0.05) is 60.7 Å². The van der Waals surface area contributed by atoms with Crippen LogP contribution in [0.25, 0.3) is 0 Å². The summed E-state index contributed by atoms with van der Waals surface area (Å²) >= 11 is 0. The van der Waals surface area contributed by atoms with Gasteiger partial charge in [-0.3, -0.25) is 0 Å². The fourth-order valence-electron chi connectivity index (χ4n) is 3.46. The molecule has 0 saturated heterocycles. The lowest BCUT2D eigenvalue weighted by atomic mass is 9.81. The lowest BCUT2D eigenvalue weighted by Crippen LogP contribution is -2.51. The topological polar surface area (TPSA) is 76.1 Å². The summed E-state index contributed by atoms with van der Waals surface area (Å²) in [4.78, 5) is 17.2. The van der Waals surface area contributed by atoms with Crippen molar-refractivity contribution in [3.63, 3.8) is 0 Å². The van der Waals surface area contributed by atoms with Gasteiger partial charge < -0.3 is 23.7 Å². The van der Waals surface area contributed by atoms with Gasteiger partial charge in [-0.2, -0.15) is 4.98 Å². The minimum absolute atomic E-state index is 0.278. The number of rotatable bonds is 9. The van der Waals surface area contributed by atoms with Crippen molar-refractivity contribution >= 4 is 5.97 Å². The number of hydrogen-bond acceptors (Lipinski definition) is 7. The van der Waals surface area contributed by atoms with E-state index in [9.17, 15) is 4.79 Å². The summed E-state index contributed by atoms with van der Waals surface area (Å²) in [6.45, 7) is 0. The van der Waals surface area contributed by atoms with Crippen molar-refractivity contribution < 1.29 is 28.5 Å². The van der Waals surface area contributed by atoms with Gasteiger partial charge in [0.15, 0.2) is 5.60 Å². The van der Waals surface area contributed by atoms with E-state index >= 15 is 0 Å². The molecule has 3 rings (SSSR count). The molecule has 1 aromatic heterocycles. The van der Waals surface area contributed by atoms with Crippen LogP contribution in [0.1, 0.15) is 11.1 Å². The first-order valence-corrected chi connectivity index (χ1v) is 9.59. The van der Waals surface area contributed by atoms with Crippen LogP contribution in [0.2, 0.25) is 0 Å². The van der Waals surface area contributed by atoms with Crippen molar-refractivity contribution in [2.75, 3.05) is 28.4 Å². The Morgan fingerprint density at radius 1 is 0.806 bits per heavy atom. The number of ether oxygens (including phenoxy) is 5. The summed E-state index contributed by atoms with van der Waals surface area (Å²) < 4.78 is 27.9. The fraction of sp³-hybridized carbons (Fsp3) is 0.250. The van der Waals surface area contributed by atoms with Gasteiger partial charge in [-0.15, -0.1) is 0 Å². The average Bonchev–Trinajstić information content (AvgIpc) is 2.84. The molecule has 7 nitrogen and oxygen atoms in total. The zero-order chi connectivity index (χ0) is 22.3. The van der Waals surface area contributed by atoms with Gasteiger partial charge in [0.2, 0.25) is 17.9 Å². The molecule has 7 heteroatoms. The second-order valence-corrected chi connectivity index (χ2v) is 6.58. The van der Waals surface area contributed by atoms with Crippen LogP contribution in [0.15, 0.2) is 72.8 Å². The molecule has 0 bridgehead atoms. The first-order chi connectivity index (χ1) is 15.1. The maximum atomic E-state index is 13.1. The largest absolute Gasteiger partial charge is 0.481 e. The molecule has 1 atom stereocenters. The van der Waals surface area contributed by atoms with Gasteiger partial charge >= 0.3 is 5.97 Å². The van der Waals surface area contributed by atoms with E-state index in [0.717, 1.165) is 11.1 Å². The molecule has 0 aliphatic carbocycles. The maximum absolute atomic E-state index is 13.1. The monoisotopic (exact) mass is 423 g/mol. The van der Waals surface area contributed by atoms with E-state index in [1.807, 2.05) is 60.7 Å². The van der Waals surface area contributed by atoms with Crippen molar-refractivity contribution in [2.45, 2.75) is 11.7 Å². The number of benzene rings is 2. The molecular weight excluding hydrogens is 398 g/mol. The Morgan fingerprint density at radius 3 is 1.68 bits per heavy atom. The number of carbonyl (C=O) groups is 1. The normalized spacial score (nSPS) is 12.0. The Labute approximate surface area is 181 Å². The lowest BCUT2D eigenvalue weighted by Gasteiger charge is -2.38. The predicted octanol–water partition coefficient (Wildman–Crippen LogP) is 3.61. The number of nitrogens with zero attached hydrogens (tertiary/aromatic N) is 1. The number of carbonyl (C=O) groups excluding carboxylic acids is 1. The number of methoxy groups -OCH3 is 4. The Balaban J connectivity index is 2.21. The van der Waals surface area contributed by atoms with E-state index in [1.54, 1.807) is 12.1 Å². The zero-order valence-corrected chi connectivity index (χ0v) is 17.9. The quantitative estimate of drug-likeness (QED) is 0.487. The zero-order valence-electron chi connectivity index (χ0n) is 17.9. The molecule has 1 unspecified atom stereocenters. The van der Waals surface area contributed by atoms with Crippen LogP contribution in [0.3, 0.4) is 0 Å². The third kappa shape index (κ3) is 4.46. The lowest BCUT2D eigenvalue weighted by molar-refractivity contribution is -0.163. The highest BCUT2D eigenvalue weighted by Crippen LogP contribution is 2.39. The molecule has 0 spiro atoms. The summed E-state index contributed by atoms with van der Waals surface area (Å²) in [5, 5.41) is 0. The minimum atomic E-state index is -1.29. The Kier molecular flexibility index (Phi) is 7.10. The smallest absolute Gasteiger partial charge is 0.350 e. The van der Waals surface area contributed by atoms with Crippen LogP contribution in [0.4, 0.5) is 0 Å². The first-order valence-electron chi connectivity index (χ1n) is 9.59. The summed E-state index contributed by atoms with van der Waals surface area (Å²) in [5.74, 6) is 0.262. The summed E-state index contributed by atoms with van der Waals surface area (Å²) in [6.07, 6.45) is -1.19. The second-order valence-electron chi connectivity index (χ2n) is 6.58.